The third-order valence-electron chi connectivity index (χ3n) is 3.22. The van der Waals surface area contributed by atoms with E-state index in [9.17, 15) is 4.79 Å². The predicted molar refractivity (Wildman–Crippen MR) is 95.2 cm³/mol. The number of carbonyl (C=O) groups is 1. The number of likely N-dealkylation sites (N-methyl/N-ethyl adjacent to an activating group) is 1. The minimum absolute atomic E-state index is 0.0412. The monoisotopic (exact) mass is 352 g/mol. The van der Waals surface area contributed by atoms with Crippen molar-refractivity contribution < 1.29 is 9.53 Å². The molecule has 124 valence electrons. The van der Waals surface area contributed by atoms with E-state index in [0.29, 0.717) is 24.7 Å². The van der Waals surface area contributed by atoms with Gasteiger partial charge in [-0.3, -0.25) is 9.69 Å². The van der Waals surface area contributed by atoms with Crippen molar-refractivity contribution in [3.63, 3.8) is 0 Å². The zero-order valence-corrected chi connectivity index (χ0v) is 14.7. The van der Waals surface area contributed by atoms with Gasteiger partial charge < -0.3 is 10.1 Å². The molecule has 0 aliphatic rings. The summed E-state index contributed by atoms with van der Waals surface area (Å²) in [5.41, 5.74) is 0. The van der Waals surface area contributed by atoms with Gasteiger partial charge in [0.25, 0.3) is 0 Å². The van der Waals surface area contributed by atoms with Crippen molar-refractivity contribution in [2.24, 2.45) is 0 Å². The maximum atomic E-state index is 11.8. The molecule has 0 saturated heterocycles. The van der Waals surface area contributed by atoms with E-state index in [-0.39, 0.29) is 5.91 Å². The van der Waals surface area contributed by atoms with E-state index in [1.165, 1.54) is 0 Å². The predicted octanol–water partition coefficient (Wildman–Crippen LogP) is 3.42. The van der Waals surface area contributed by atoms with Gasteiger partial charge in [0.2, 0.25) is 5.91 Å². The molecule has 0 aliphatic carbocycles. The SMILES string of the molecule is CN(CCCOc1ccc(Cl)cc1)CC(=O)NCc1cccs1. The lowest BCUT2D eigenvalue weighted by atomic mass is 10.3. The van der Waals surface area contributed by atoms with Crippen molar-refractivity contribution in [3.05, 3.63) is 51.7 Å². The lowest BCUT2D eigenvalue weighted by Gasteiger charge is -2.16. The lowest BCUT2D eigenvalue weighted by Crippen LogP contribution is -2.35. The number of thiophene rings is 1. The molecule has 6 heteroatoms. The Kier molecular flexibility index (Phi) is 7.39. The molecular weight excluding hydrogens is 332 g/mol. The molecule has 2 rings (SSSR count). The third kappa shape index (κ3) is 7.03. The highest BCUT2D eigenvalue weighted by molar-refractivity contribution is 7.09. The summed E-state index contributed by atoms with van der Waals surface area (Å²) >= 11 is 7.47. The highest BCUT2D eigenvalue weighted by Crippen LogP contribution is 2.15. The Morgan fingerprint density at radius 3 is 2.78 bits per heavy atom. The number of halogens is 1. The molecule has 0 fully saturated rings. The summed E-state index contributed by atoms with van der Waals surface area (Å²) in [4.78, 5) is 15.0. The molecule has 0 aliphatic heterocycles. The topological polar surface area (TPSA) is 41.6 Å². The number of carbonyl (C=O) groups excluding carboxylic acids is 1. The Bertz CT molecular complexity index is 587. The van der Waals surface area contributed by atoms with Crippen molar-refractivity contribution in [2.45, 2.75) is 13.0 Å². The van der Waals surface area contributed by atoms with Crippen LogP contribution in [0.3, 0.4) is 0 Å². The van der Waals surface area contributed by atoms with Crippen LogP contribution in [0.4, 0.5) is 0 Å². The van der Waals surface area contributed by atoms with Gasteiger partial charge in [-0.2, -0.15) is 0 Å². The number of nitrogens with one attached hydrogen (secondary N) is 1. The Morgan fingerprint density at radius 1 is 1.30 bits per heavy atom. The van der Waals surface area contributed by atoms with Crippen LogP contribution in [0.25, 0.3) is 0 Å². The normalized spacial score (nSPS) is 10.7. The molecule has 1 heterocycles. The summed E-state index contributed by atoms with van der Waals surface area (Å²) in [5.74, 6) is 0.852. The number of amides is 1. The summed E-state index contributed by atoms with van der Waals surface area (Å²) in [7, 11) is 1.94. The second-order valence-electron chi connectivity index (χ2n) is 5.25. The van der Waals surface area contributed by atoms with Gasteiger partial charge in [0.15, 0.2) is 0 Å². The molecule has 1 aromatic heterocycles. The third-order valence-corrected chi connectivity index (χ3v) is 4.35. The van der Waals surface area contributed by atoms with Crippen molar-refractivity contribution in [2.75, 3.05) is 26.7 Å². The standard InChI is InChI=1S/C17H21ClN2O2S/c1-20(13-17(21)19-12-16-4-2-11-23-16)9-3-10-22-15-7-5-14(18)6-8-15/h2,4-8,11H,3,9-10,12-13H2,1H3,(H,19,21). The molecule has 2 aromatic rings. The van der Waals surface area contributed by atoms with Gasteiger partial charge in [0, 0.05) is 16.4 Å². The van der Waals surface area contributed by atoms with E-state index in [0.717, 1.165) is 23.6 Å². The number of hydrogen-bond donors (Lipinski definition) is 1. The number of hydrogen-bond acceptors (Lipinski definition) is 4. The first-order valence-corrected chi connectivity index (χ1v) is 8.75. The van der Waals surface area contributed by atoms with Gasteiger partial charge in [-0.1, -0.05) is 17.7 Å². The van der Waals surface area contributed by atoms with Gasteiger partial charge in [0.05, 0.1) is 19.7 Å². The van der Waals surface area contributed by atoms with E-state index in [2.05, 4.69) is 5.32 Å². The van der Waals surface area contributed by atoms with Crippen LogP contribution in [-0.4, -0.2) is 37.6 Å². The average Bonchev–Trinajstić information content (AvgIpc) is 3.05. The van der Waals surface area contributed by atoms with Crippen molar-refractivity contribution in [1.29, 1.82) is 0 Å². The van der Waals surface area contributed by atoms with E-state index in [4.69, 9.17) is 16.3 Å². The summed E-state index contributed by atoms with van der Waals surface area (Å²) in [5, 5.41) is 5.63. The fourth-order valence-electron chi connectivity index (χ4n) is 2.03. The molecule has 1 aromatic carbocycles. The molecule has 23 heavy (non-hydrogen) atoms. The molecule has 0 saturated carbocycles. The molecule has 0 unspecified atom stereocenters. The van der Waals surface area contributed by atoms with Crippen molar-refractivity contribution >= 4 is 28.8 Å². The maximum absolute atomic E-state index is 11.8. The number of nitrogens with zero attached hydrogens (tertiary/aromatic N) is 1. The van der Waals surface area contributed by atoms with Crippen LogP contribution in [0, 0.1) is 0 Å². The molecule has 0 atom stereocenters. The summed E-state index contributed by atoms with van der Waals surface area (Å²) < 4.78 is 5.63. The van der Waals surface area contributed by atoms with Gasteiger partial charge >= 0.3 is 0 Å². The van der Waals surface area contributed by atoms with E-state index in [1.807, 2.05) is 41.6 Å². The van der Waals surface area contributed by atoms with Crippen LogP contribution in [0.15, 0.2) is 41.8 Å². The maximum Gasteiger partial charge on any atom is 0.234 e. The van der Waals surface area contributed by atoms with Crippen LogP contribution >= 0.6 is 22.9 Å². The Morgan fingerprint density at radius 2 is 2.09 bits per heavy atom. The summed E-state index contributed by atoms with van der Waals surface area (Å²) in [6.07, 6.45) is 0.858. The molecule has 0 radical (unpaired) electrons. The number of ether oxygens (including phenoxy) is 1. The summed E-state index contributed by atoms with van der Waals surface area (Å²) in [6, 6.07) is 11.3. The molecule has 0 spiro atoms. The van der Waals surface area contributed by atoms with Gasteiger partial charge in [-0.15, -0.1) is 11.3 Å². The van der Waals surface area contributed by atoms with Gasteiger partial charge in [-0.05, 0) is 49.2 Å². The first kappa shape index (κ1) is 17.8. The Hall–Kier alpha value is -1.56. The van der Waals surface area contributed by atoms with Crippen LogP contribution in [-0.2, 0) is 11.3 Å². The first-order chi connectivity index (χ1) is 11.1. The smallest absolute Gasteiger partial charge is 0.234 e. The van der Waals surface area contributed by atoms with Gasteiger partial charge in [0.1, 0.15) is 5.75 Å². The Balaban J connectivity index is 1.56. The number of rotatable bonds is 9. The highest BCUT2D eigenvalue weighted by atomic mass is 35.5. The zero-order chi connectivity index (χ0) is 16.5. The van der Waals surface area contributed by atoms with Crippen molar-refractivity contribution in [1.82, 2.24) is 10.2 Å². The molecule has 0 bridgehead atoms. The first-order valence-electron chi connectivity index (χ1n) is 7.49. The quantitative estimate of drug-likeness (QED) is 0.703. The van der Waals surface area contributed by atoms with Gasteiger partial charge in [-0.25, -0.2) is 0 Å². The second kappa shape index (κ2) is 9.55. The fraction of sp³-hybridized carbons (Fsp3) is 0.353. The average molecular weight is 353 g/mol. The lowest BCUT2D eigenvalue weighted by molar-refractivity contribution is -0.122. The molecule has 1 N–H and O–H groups in total. The second-order valence-corrected chi connectivity index (χ2v) is 6.72. The minimum Gasteiger partial charge on any atom is -0.494 e. The fourth-order valence-corrected chi connectivity index (χ4v) is 2.80. The van der Waals surface area contributed by atoms with Crippen molar-refractivity contribution in [3.8, 4) is 5.75 Å². The van der Waals surface area contributed by atoms with Crippen LogP contribution < -0.4 is 10.1 Å². The highest BCUT2D eigenvalue weighted by Gasteiger charge is 2.06. The van der Waals surface area contributed by atoms with E-state index >= 15 is 0 Å². The van der Waals surface area contributed by atoms with E-state index in [1.54, 1.807) is 23.5 Å². The molecular formula is C17H21ClN2O2S. The Labute approximate surface area is 146 Å². The largest absolute Gasteiger partial charge is 0.494 e. The van der Waals surface area contributed by atoms with Crippen LogP contribution in [0.1, 0.15) is 11.3 Å². The zero-order valence-electron chi connectivity index (χ0n) is 13.1. The van der Waals surface area contributed by atoms with Crippen LogP contribution in [0.2, 0.25) is 5.02 Å². The number of benzene rings is 1. The molecule has 4 nitrogen and oxygen atoms in total. The summed E-state index contributed by atoms with van der Waals surface area (Å²) in [6.45, 7) is 2.42. The van der Waals surface area contributed by atoms with E-state index < -0.39 is 0 Å². The minimum atomic E-state index is 0.0412. The molecule has 1 amide bonds. The van der Waals surface area contributed by atoms with Crippen LogP contribution in [0.5, 0.6) is 5.75 Å².